The minimum absolute atomic E-state index is 0.0192. The highest BCUT2D eigenvalue weighted by Gasteiger charge is 2.20. The number of hydrogen-bond acceptors (Lipinski definition) is 5. The van der Waals surface area contributed by atoms with Gasteiger partial charge in [0.15, 0.2) is 10.9 Å². The molecule has 3 heterocycles. The van der Waals surface area contributed by atoms with Gasteiger partial charge in [-0.15, -0.1) is 10.2 Å². The second-order valence-corrected chi connectivity index (χ2v) is 9.21. The Bertz CT molecular complexity index is 1610. The first-order chi connectivity index (χ1) is 15.8. The van der Waals surface area contributed by atoms with E-state index < -0.39 is 0 Å². The van der Waals surface area contributed by atoms with Gasteiger partial charge < -0.3 is 4.98 Å². The number of benzene rings is 2. The van der Waals surface area contributed by atoms with Crippen molar-refractivity contribution in [3.05, 3.63) is 87.0 Å². The quantitative estimate of drug-likeness (QED) is 0.309. The van der Waals surface area contributed by atoms with Crippen LogP contribution in [0, 0.1) is 27.7 Å². The highest BCUT2D eigenvalue weighted by molar-refractivity contribution is 7.99. The Kier molecular flexibility index (Phi) is 5.17. The van der Waals surface area contributed by atoms with Gasteiger partial charge in [-0.2, -0.15) is 0 Å². The number of Topliss-reactive ketones (excluding diaryl/α,β-unsaturated/α-hetero) is 1. The van der Waals surface area contributed by atoms with Crippen LogP contribution in [0.25, 0.3) is 22.4 Å². The molecule has 0 saturated carbocycles. The molecule has 0 spiro atoms. The van der Waals surface area contributed by atoms with Crippen molar-refractivity contribution in [2.24, 2.45) is 0 Å². The molecule has 1 N–H and O–H groups in total. The lowest BCUT2D eigenvalue weighted by molar-refractivity contribution is 0.102. The standard InChI is InChI=1S/C25H23N5O2S/c1-14-9-10-15(2)21(11-14)29-23(32)18-7-5-6-8-20(18)30-24(29)27-28-25(30)33-13-22(31)19-12-16(3)26-17(19)4/h5-12,26H,13H2,1-4H3. The van der Waals surface area contributed by atoms with Gasteiger partial charge in [-0.1, -0.05) is 36.0 Å². The van der Waals surface area contributed by atoms with Gasteiger partial charge >= 0.3 is 0 Å². The van der Waals surface area contributed by atoms with Crippen LogP contribution >= 0.6 is 11.8 Å². The Hall–Kier alpha value is -3.65. The maximum Gasteiger partial charge on any atom is 0.267 e. The number of nitrogens with zero attached hydrogens (tertiary/aromatic N) is 4. The predicted molar refractivity (Wildman–Crippen MR) is 131 cm³/mol. The third-order valence-electron chi connectivity index (χ3n) is 5.78. The maximum atomic E-state index is 13.5. The zero-order valence-electron chi connectivity index (χ0n) is 18.8. The number of nitrogens with one attached hydrogen (secondary N) is 1. The van der Waals surface area contributed by atoms with Gasteiger partial charge in [0.2, 0.25) is 5.78 Å². The van der Waals surface area contributed by atoms with Crippen molar-refractivity contribution in [2.75, 3.05) is 5.75 Å². The van der Waals surface area contributed by atoms with Gasteiger partial charge in [0.05, 0.1) is 22.3 Å². The van der Waals surface area contributed by atoms with Crippen LogP contribution in [0.4, 0.5) is 0 Å². The number of fused-ring (bicyclic) bond motifs is 3. The molecule has 7 nitrogen and oxygen atoms in total. The summed E-state index contributed by atoms with van der Waals surface area (Å²) >= 11 is 1.32. The van der Waals surface area contributed by atoms with Gasteiger partial charge in [0.25, 0.3) is 5.56 Å². The molecule has 0 radical (unpaired) electrons. The SMILES string of the molecule is Cc1ccc(C)c(-n2c(=O)c3ccccc3n3c(SCC(=O)c4cc(C)[nH]c4C)nnc23)c1. The van der Waals surface area contributed by atoms with E-state index in [1.54, 1.807) is 4.57 Å². The predicted octanol–water partition coefficient (Wildman–Crippen LogP) is 4.57. The van der Waals surface area contributed by atoms with Crippen LogP contribution < -0.4 is 5.56 Å². The normalized spacial score (nSPS) is 11.5. The molecule has 0 aliphatic carbocycles. The van der Waals surface area contributed by atoms with Crippen LogP contribution in [0.1, 0.15) is 32.9 Å². The number of para-hydroxylation sites is 1. The summed E-state index contributed by atoms with van der Waals surface area (Å²) in [6, 6.07) is 15.3. The molecule has 0 fully saturated rings. The minimum atomic E-state index is -0.148. The number of carbonyl (C=O) groups excluding carboxylic acids is 1. The monoisotopic (exact) mass is 457 g/mol. The van der Waals surface area contributed by atoms with Crippen molar-refractivity contribution in [2.45, 2.75) is 32.9 Å². The van der Waals surface area contributed by atoms with Crippen molar-refractivity contribution in [3.8, 4) is 5.69 Å². The molecule has 3 aromatic heterocycles. The number of aromatic nitrogens is 5. The topological polar surface area (TPSA) is 85.0 Å². The maximum absolute atomic E-state index is 13.5. The van der Waals surface area contributed by atoms with Crippen LogP contribution in [0.2, 0.25) is 0 Å². The van der Waals surface area contributed by atoms with Crippen LogP contribution in [-0.4, -0.2) is 35.7 Å². The second-order valence-electron chi connectivity index (χ2n) is 8.27. The average molecular weight is 458 g/mol. The summed E-state index contributed by atoms with van der Waals surface area (Å²) in [6.45, 7) is 7.79. The zero-order chi connectivity index (χ0) is 23.3. The number of hydrogen-bond donors (Lipinski definition) is 1. The molecule has 0 amide bonds. The Morgan fingerprint density at radius 2 is 1.82 bits per heavy atom. The zero-order valence-corrected chi connectivity index (χ0v) is 19.7. The molecule has 5 rings (SSSR count). The molecule has 5 aromatic rings. The largest absolute Gasteiger partial charge is 0.362 e. The Morgan fingerprint density at radius 3 is 2.58 bits per heavy atom. The fraction of sp³-hybridized carbons (Fsp3) is 0.200. The first kappa shape index (κ1) is 21.2. The number of rotatable bonds is 5. The lowest BCUT2D eigenvalue weighted by atomic mass is 10.1. The molecule has 2 aromatic carbocycles. The molecular weight excluding hydrogens is 434 g/mol. The van der Waals surface area contributed by atoms with E-state index in [9.17, 15) is 9.59 Å². The third-order valence-corrected chi connectivity index (χ3v) is 6.71. The summed E-state index contributed by atoms with van der Waals surface area (Å²) in [7, 11) is 0. The molecular formula is C25H23N5O2S. The number of thioether (sulfide) groups is 1. The van der Waals surface area contributed by atoms with Crippen molar-refractivity contribution < 1.29 is 4.79 Å². The highest BCUT2D eigenvalue weighted by Crippen LogP contribution is 2.25. The Balaban J connectivity index is 1.67. The number of aromatic amines is 1. The van der Waals surface area contributed by atoms with Gasteiger partial charge in [-0.25, -0.2) is 4.57 Å². The fourth-order valence-electron chi connectivity index (χ4n) is 4.17. The van der Waals surface area contributed by atoms with E-state index in [0.717, 1.165) is 28.2 Å². The lowest BCUT2D eigenvalue weighted by Gasteiger charge is -2.14. The molecule has 33 heavy (non-hydrogen) atoms. The molecule has 166 valence electrons. The summed E-state index contributed by atoms with van der Waals surface area (Å²) < 4.78 is 3.48. The van der Waals surface area contributed by atoms with Crippen LogP contribution in [0.3, 0.4) is 0 Å². The number of H-pyrrole nitrogens is 1. The van der Waals surface area contributed by atoms with Crippen molar-refractivity contribution >= 4 is 34.2 Å². The van der Waals surface area contributed by atoms with E-state index in [4.69, 9.17) is 0 Å². The van der Waals surface area contributed by atoms with Crippen LogP contribution in [-0.2, 0) is 0 Å². The Morgan fingerprint density at radius 1 is 1.03 bits per heavy atom. The molecule has 0 bridgehead atoms. The van der Waals surface area contributed by atoms with E-state index in [-0.39, 0.29) is 17.1 Å². The van der Waals surface area contributed by atoms with E-state index in [2.05, 4.69) is 15.2 Å². The van der Waals surface area contributed by atoms with E-state index in [1.807, 2.05) is 80.6 Å². The first-order valence-corrected chi connectivity index (χ1v) is 11.6. The molecule has 8 heteroatoms. The van der Waals surface area contributed by atoms with Gasteiger partial charge in [-0.3, -0.25) is 14.0 Å². The number of carbonyl (C=O) groups is 1. The van der Waals surface area contributed by atoms with Gasteiger partial charge in [-0.05, 0) is 63.1 Å². The van der Waals surface area contributed by atoms with Crippen molar-refractivity contribution in [1.82, 2.24) is 24.1 Å². The average Bonchev–Trinajstić information content (AvgIpc) is 3.37. The smallest absolute Gasteiger partial charge is 0.267 e. The van der Waals surface area contributed by atoms with Gasteiger partial charge in [0.1, 0.15) is 0 Å². The summed E-state index contributed by atoms with van der Waals surface area (Å²) in [5.41, 5.74) is 5.85. The second kappa shape index (κ2) is 8.04. The van der Waals surface area contributed by atoms with Crippen molar-refractivity contribution in [1.29, 1.82) is 0 Å². The minimum Gasteiger partial charge on any atom is -0.362 e. The molecule has 0 saturated heterocycles. The Labute approximate surface area is 194 Å². The van der Waals surface area contributed by atoms with Crippen LogP contribution in [0.5, 0.6) is 0 Å². The van der Waals surface area contributed by atoms with Gasteiger partial charge in [0, 0.05) is 17.0 Å². The lowest BCUT2D eigenvalue weighted by Crippen LogP contribution is -2.22. The van der Waals surface area contributed by atoms with E-state index >= 15 is 0 Å². The summed E-state index contributed by atoms with van der Waals surface area (Å²) in [5.74, 6) is 0.664. The fourth-order valence-corrected chi connectivity index (χ4v) is 4.99. The summed E-state index contributed by atoms with van der Waals surface area (Å²) in [4.78, 5) is 29.5. The molecule has 0 unspecified atom stereocenters. The molecule has 0 atom stereocenters. The number of ketones is 1. The van der Waals surface area contributed by atoms with Crippen LogP contribution in [0.15, 0.2) is 58.5 Å². The molecule has 0 aliphatic heterocycles. The highest BCUT2D eigenvalue weighted by atomic mass is 32.2. The summed E-state index contributed by atoms with van der Waals surface area (Å²) in [6.07, 6.45) is 0. The summed E-state index contributed by atoms with van der Waals surface area (Å²) in [5, 5.41) is 9.89. The van der Waals surface area contributed by atoms with E-state index in [1.165, 1.54) is 11.8 Å². The molecule has 0 aliphatic rings. The first-order valence-electron chi connectivity index (χ1n) is 10.6. The van der Waals surface area contributed by atoms with E-state index in [0.29, 0.717) is 27.4 Å². The number of aryl methyl sites for hydroxylation is 4. The van der Waals surface area contributed by atoms with Crippen molar-refractivity contribution in [3.63, 3.8) is 0 Å². The third kappa shape index (κ3) is 3.56.